The molecule has 102 valence electrons. The zero-order chi connectivity index (χ0) is 14.4. The van der Waals surface area contributed by atoms with Crippen molar-refractivity contribution < 1.29 is 19.4 Å². The zero-order valence-corrected chi connectivity index (χ0v) is 12.3. The number of hydrogen-bond donors (Lipinski definition) is 1. The maximum atomic E-state index is 11.9. The number of carbonyl (C=O) groups excluding carboxylic acids is 1. The van der Waals surface area contributed by atoms with E-state index >= 15 is 0 Å². The molecular weight excluding hydrogens is 312 g/mol. The van der Waals surface area contributed by atoms with Crippen LogP contribution >= 0.6 is 15.9 Å². The molecule has 0 aliphatic heterocycles. The molecule has 0 aromatic heterocycles. The molecule has 4 nitrogen and oxygen atoms in total. The molecule has 19 heavy (non-hydrogen) atoms. The molecule has 0 atom stereocenters. The van der Waals surface area contributed by atoms with Crippen molar-refractivity contribution >= 4 is 27.7 Å². The summed E-state index contributed by atoms with van der Waals surface area (Å²) in [7, 11) is 0. The molecule has 0 fully saturated rings. The van der Waals surface area contributed by atoms with E-state index in [1.807, 2.05) is 13.8 Å². The van der Waals surface area contributed by atoms with Gasteiger partial charge in [-0.05, 0) is 30.2 Å². The fourth-order valence-electron chi connectivity index (χ4n) is 1.31. The lowest BCUT2D eigenvalue weighted by Crippen LogP contribution is -2.08. The van der Waals surface area contributed by atoms with Gasteiger partial charge in [-0.15, -0.1) is 0 Å². The molecule has 0 saturated heterocycles. The molecule has 0 spiro atoms. The van der Waals surface area contributed by atoms with Gasteiger partial charge in [0, 0.05) is 10.5 Å². The number of carbonyl (C=O) groups is 2. The van der Waals surface area contributed by atoms with Gasteiger partial charge < -0.3 is 9.84 Å². The molecule has 0 heterocycles. The van der Waals surface area contributed by atoms with Gasteiger partial charge in [0.2, 0.25) is 0 Å². The average Bonchev–Trinajstić information content (AvgIpc) is 2.34. The van der Waals surface area contributed by atoms with Gasteiger partial charge in [-0.3, -0.25) is 4.79 Å². The van der Waals surface area contributed by atoms with Crippen LogP contribution in [0.5, 0.6) is 5.75 Å². The molecule has 1 N–H and O–H groups in total. The van der Waals surface area contributed by atoms with Crippen molar-refractivity contribution in [3.05, 3.63) is 40.4 Å². The van der Waals surface area contributed by atoms with E-state index in [2.05, 4.69) is 15.9 Å². The Morgan fingerprint density at radius 3 is 2.63 bits per heavy atom. The van der Waals surface area contributed by atoms with Crippen LogP contribution in [0.1, 0.15) is 24.2 Å². The lowest BCUT2D eigenvalue weighted by atomic mass is 10.1. The normalized spacial score (nSPS) is 10.9. The Bertz CT molecular complexity index is 506. The van der Waals surface area contributed by atoms with E-state index in [1.165, 1.54) is 0 Å². The zero-order valence-electron chi connectivity index (χ0n) is 10.7. The van der Waals surface area contributed by atoms with Crippen molar-refractivity contribution in [3.8, 4) is 5.75 Å². The van der Waals surface area contributed by atoms with Crippen LogP contribution in [0.25, 0.3) is 0 Å². The first-order chi connectivity index (χ1) is 8.90. The van der Waals surface area contributed by atoms with Crippen molar-refractivity contribution in [2.45, 2.75) is 13.8 Å². The van der Waals surface area contributed by atoms with Crippen LogP contribution in [0.3, 0.4) is 0 Å². The molecule has 5 heteroatoms. The lowest BCUT2D eigenvalue weighted by molar-refractivity contribution is -0.131. The quantitative estimate of drug-likeness (QED) is 0.643. The topological polar surface area (TPSA) is 63.6 Å². The van der Waals surface area contributed by atoms with Crippen molar-refractivity contribution in [2.24, 2.45) is 5.92 Å². The first-order valence-corrected chi connectivity index (χ1v) is 6.57. The van der Waals surface area contributed by atoms with E-state index in [0.717, 1.165) is 16.6 Å². The molecular formula is C14H15BrO4. The second-order valence-corrected chi connectivity index (χ2v) is 5.30. The van der Waals surface area contributed by atoms with Gasteiger partial charge in [0.25, 0.3) is 0 Å². The third kappa shape index (κ3) is 5.26. The molecule has 0 radical (unpaired) electrons. The minimum atomic E-state index is -1.16. The Morgan fingerprint density at radius 1 is 1.37 bits per heavy atom. The van der Waals surface area contributed by atoms with Crippen molar-refractivity contribution in [1.29, 1.82) is 0 Å². The number of carboxylic acid groups (broad SMARTS) is 1. The highest BCUT2D eigenvalue weighted by Gasteiger charge is 2.12. The summed E-state index contributed by atoms with van der Waals surface area (Å²) in [6.07, 6.45) is 1.84. The van der Waals surface area contributed by atoms with Gasteiger partial charge >= 0.3 is 5.97 Å². The Kier molecular flexibility index (Phi) is 5.76. The number of rotatable bonds is 6. The number of ether oxygens (including phenoxy) is 1. The highest BCUT2D eigenvalue weighted by atomic mass is 79.9. The molecule has 0 aliphatic rings. The molecule has 0 bridgehead atoms. The largest absolute Gasteiger partial charge is 0.493 e. The molecule has 0 amide bonds. The van der Waals surface area contributed by atoms with E-state index in [1.54, 1.807) is 18.2 Å². The number of allylic oxidation sites excluding steroid dienone is 1. The van der Waals surface area contributed by atoms with Crippen LogP contribution in [0.2, 0.25) is 0 Å². The second kappa shape index (κ2) is 7.09. The summed E-state index contributed by atoms with van der Waals surface area (Å²) in [4.78, 5) is 22.3. The Balaban J connectivity index is 2.99. The van der Waals surface area contributed by atoms with Gasteiger partial charge in [-0.25, -0.2) is 4.79 Å². The summed E-state index contributed by atoms with van der Waals surface area (Å²) >= 11 is 3.28. The molecule has 1 aromatic carbocycles. The van der Waals surface area contributed by atoms with Crippen LogP contribution in [0, 0.1) is 5.92 Å². The maximum absolute atomic E-state index is 11.9. The van der Waals surface area contributed by atoms with Crippen LogP contribution in [-0.2, 0) is 4.79 Å². The van der Waals surface area contributed by atoms with Crippen LogP contribution < -0.4 is 4.74 Å². The van der Waals surface area contributed by atoms with Gasteiger partial charge in [0.1, 0.15) is 5.75 Å². The van der Waals surface area contributed by atoms with E-state index < -0.39 is 11.8 Å². The van der Waals surface area contributed by atoms with Gasteiger partial charge in [0.05, 0.1) is 12.2 Å². The third-order valence-electron chi connectivity index (χ3n) is 2.16. The van der Waals surface area contributed by atoms with E-state index in [0.29, 0.717) is 23.8 Å². The number of benzene rings is 1. The molecule has 1 rings (SSSR count). The Morgan fingerprint density at radius 2 is 2.05 bits per heavy atom. The minimum Gasteiger partial charge on any atom is -0.493 e. The van der Waals surface area contributed by atoms with E-state index in [4.69, 9.17) is 9.84 Å². The number of aliphatic carboxylic acids is 1. The Hall–Kier alpha value is -1.62. The highest BCUT2D eigenvalue weighted by molar-refractivity contribution is 9.10. The summed E-state index contributed by atoms with van der Waals surface area (Å²) < 4.78 is 6.29. The summed E-state index contributed by atoms with van der Waals surface area (Å²) in [5, 5.41) is 8.53. The van der Waals surface area contributed by atoms with Gasteiger partial charge in [-0.2, -0.15) is 0 Å². The first kappa shape index (κ1) is 15.4. The van der Waals surface area contributed by atoms with Crippen LogP contribution in [-0.4, -0.2) is 23.5 Å². The van der Waals surface area contributed by atoms with Gasteiger partial charge in [-0.1, -0.05) is 29.8 Å². The van der Waals surface area contributed by atoms with E-state index in [-0.39, 0.29) is 0 Å². The van der Waals surface area contributed by atoms with Crippen LogP contribution in [0.4, 0.5) is 0 Å². The van der Waals surface area contributed by atoms with Crippen molar-refractivity contribution in [2.75, 3.05) is 6.61 Å². The number of hydrogen-bond acceptors (Lipinski definition) is 3. The van der Waals surface area contributed by atoms with Crippen molar-refractivity contribution in [3.63, 3.8) is 0 Å². The van der Waals surface area contributed by atoms with Gasteiger partial charge in [0.15, 0.2) is 5.78 Å². The summed E-state index contributed by atoms with van der Waals surface area (Å²) in [5.74, 6) is -0.770. The summed E-state index contributed by atoms with van der Waals surface area (Å²) in [6, 6.07) is 5.08. The average molecular weight is 327 g/mol. The first-order valence-electron chi connectivity index (χ1n) is 5.78. The Labute approximate surface area is 120 Å². The fourth-order valence-corrected chi connectivity index (χ4v) is 1.67. The lowest BCUT2D eigenvalue weighted by Gasteiger charge is -2.12. The van der Waals surface area contributed by atoms with Crippen LogP contribution in [0.15, 0.2) is 34.8 Å². The minimum absolute atomic E-state index is 0.334. The molecule has 0 saturated carbocycles. The standard InChI is InChI=1S/C14H15BrO4/c1-9(2)8-19-13-5-3-10(15)7-11(13)12(16)4-6-14(17)18/h3-7,9H,8H2,1-2H3,(H,17,18)/b6-4+. The predicted octanol–water partition coefficient (Wildman–Crippen LogP) is 3.31. The van der Waals surface area contributed by atoms with E-state index in [9.17, 15) is 9.59 Å². The highest BCUT2D eigenvalue weighted by Crippen LogP contribution is 2.24. The monoisotopic (exact) mass is 326 g/mol. The SMILES string of the molecule is CC(C)COc1ccc(Br)cc1C(=O)/C=C/C(=O)O. The fraction of sp³-hybridized carbons (Fsp3) is 0.286. The summed E-state index contributed by atoms with van der Waals surface area (Å²) in [5.41, 5.74) is 0.340. The summed E-state index contributed by atoms with van der Waals surface area (Å²) in [6.45, 7) is 4.50. The number of carboxylic acids is 1. The maximum Gasteiger partial charge on any atom is 0.328 e. The smallest absolute Gasteiger partial charge is 0.328 e. The molecule has 1 aromatic rings. The third-order valence-corrected chi connectivity index (χ3v) is 2.65. The van der Waals surface area contributed by atoms with Crippen molar-refractivity contribution in [1.82, 2.24) is 0 Å². The number of ketones is 1. The number of halogens is 1. The molecule has 0 unspecified atom stereocenters. The molecule has 0 aliphatic carbocycles. The second-order valence-electron chi connectivity index (χ2n) is 4.38. The predicted molar refractivity (Wildman–Crippen MR) is 75.6 cm³/mol.